The Labute approximate surface area is 163 Å². The number of rotatable bonds is 4. The van der Waals surface area contributed by atoms with Crippen molar-refractivity contribution in [1.82, 2.24) is 9.97 Å². The molecular formula is C20H21N5O2S. The van der Waals surface area contributed by atoms with Gasteiger partial charge >= 0.3 is 0 Å². The number of sulfonamides is 1. The average molecular weight is 395 g/mol. The zero-order valence-corrected chi connectivity index (χ0v) is 16.1. The summed E-state index contributed by atoms with van der Waals surface area (Å²) in [6.45, 7) is 0. The predicted molar refractivity (Wildman–Crippen MR) is 108 cm³/mol. The van der Waals surface area contributed by atoms with Crippen molar-refractivity contribution in [3.63, 3.8) is 0 Å². The van der Waals surface area contributed by atoms with E-state index in [1.807, 2.05) is 0 Å². The van der Waals surface area contributed by atoms with Gasteiger partial charge in [0.15, 0.2) is 0 Å². The number of nitrogens with one attached hydrogen (secondary N) is 1. The summed E-state index contributed by atoms with van der Waals surface area (Å²) in [5.74, 6) is -0.169. The van der Waals surface area contributed by atoms with Crippen molar-refractivity contribution < 1.29 is 8.42 Å². The van der Waals surface area contributed by atoms with E-state index >= 15 is 0 Å². The first kappa shape index (κ1) is 18.3. The molecule has 0 radical (unpaired) electrons. The molecule has 2 unspecified atom stereocenters. The zero-order chi connectivity index (χ0) is 19.7. The molecule has 1 aromatic carbocycles. The number of nitrogens with zero attached hydrogens (tertiary/aromatic N) is 3. The number of nitrogen functional groups attached to an aromatic ring is 1. The van der Waals surface area contributed by atoms with Gasteiger partial charge in [-0.2, -0.15) is 5.26 Å². The van der Waals surface area contributed by atoms with Gasteiger partial charge < -0.3 is 10.7 Å². The van der Waals surface area contributed by atoms with Crippen LogP contribution in [0.25, 0.3) is 11.0 Å². The Morgan fingerprint density at radius 2 is 2.00 bits per heavy atom. The number of anilines is 2. The van der Waals surface area contributed by atoms with E-state index in [1.54, 1.807) is 42.6 Å². The summed E-state index contributed by atoms with van der Waals surface area (Å²) in [5.41, 5.74) is 7.55. The molecule has 1 aliphatic rings. The smallest absolute Gasteiger partial charge is 0.264 e. The van der Waals surface area contributed by atoms with E-state index in [2.05, 4.69) is 16.0 Å². The second kappa shape index (κ2) is 7.17. The largest absolute Gasteiger partial charge is 0.396 e. The Morgan fingerprint density at radius 3 is 2.75 bits per heavy atom. The molecule has 8 heteroatoms. The number of fused-ring (bicyclic) bond motifs is 1. The lowest BCUT2D eigenvalue weighted by Crippen LogP contribution is -2.43. The Morgan fingerprint density at radius 1 is 1.21 bits per heavy atom. The molecule has 4 rings (SSSR count). The number of H-pyrrole nitrogens is 1. The summed E-state index contributed by atoms with van der Waals surface area (Å²) in [6.07, 6.45) is 5.94. The van der Waals surface area contributed by atoms with E-state index in [0.29, 0.717) is 35.2 Å². The molecule has 0 bridgehead atoms. The fourth-order valence-electron chi connectivity index (χ4n) is 3.95. The van der Waals surface area contributed by atoms with Crippen molar-refractivity contribution in [2.24, 2.45) is 5.92 Å². The van der Waals surface area contributed by atoms with Gasteiger partial charge in [-0.25, -0.2) is 13.4 Å². The lowest BCUT2D eigenvalue weighted by Gasteiger charge is -2.37. The van der Waals surface area contributed by atoms with Crippen molar-refractivity contribution in [1.29, 1.82) is 5.26 Å². The maximum Gasteiger partial charge on any atom is 0.264 e. The predicted octanol–water partition coefficient (Wildman–Crippen LogP) is 3.42. The standard InChI is InChI=1S/C20H21N5O2S/c21-12-14-5-4-6-15(11-14)25(28(26,27)16-7-2-1-3-8-16)19-17-9-10-23-20(17)24-13-18(19)22/h1-3,7-10,13-15H,4-6,11,22H2,(H,23,24). The van der Waals surface area contributed by atoms with Gasteiger partial charge in [0.05, 0.1) is 28.5 Å². The highest BCUT2D eigenvalue weighted by atomic mass is 32.2. The summed E-state index contributed by atoms with van der Waals surface area (Å²) >= 11 is 0. The van der Waals surface area contributed by atoms with Gasteiger partial charge in [0, 0.05) is 23.5 Å². The van der Waals surface area contributed by atoms with Crippen LogP contribution >= 0.6 is 0 Å². The summed E-state index contributed by atoms with van der Waals surface area (Å²) in [4.78, 5) is 7.48. The van der Waals surface area contributed by atoms with E-state index in [1.165, 1.54) is 10.5 Å². The van der Waals surface area contributed by atoms with Gasteiger partial charge in [0.2, 0.25) is 0 Å². The van der Waals surface area contributed by atoms with Crippen molar-refractivity contribution >= 4 is 32.4 Å². The molecule has 0 aliphatic heterocycles. The lowest BCUT2D eigenvalue weighted by molar-refractivity contribution is 0.379. The molecule has 0 saturated heterocycles. The van der Waals surface area contributed by atoms with Crippen LogP contribution in [0.5, 0.6) is 0 Å². The fraction of sp³-hybridized carbons (Fsp3) is 0.300. The van der Waals surface area contributed by atoms with Crippen LogP contribution in [-0.4, -0.2) is 24.4 Å². The first-order chi connectivity index (χ1) is 13.5. The van der Waals surface area contributed by atoms with E-state index < -0.39 is 10.0 Å². The number of nitriles is 1. The summed E-state index contributed by atoms with van der Waals surface area (Å²) in [6, 6.07) is 12.1. The molecule has 144 valence electrons. The minimum atomic E-state index is -3.87. The molecule has 0 amide bonds. The highest BCUT2D eigenvalue weighted by molar-refractivity contribution is 7.93. The van der Waals surface area contributed by atoms with Gasteiger partial charge in [-0.15, -0.1) is 0 Å². The molecule has 3 N–H and O–H groups in total. The molecule has 7 nitrogen and oxygen atoms in total. The van der Waals surface area contributed by atoms with Crippen molar-refractivity contribution in [2.75, 3.05) is 10.0 Å². The van der Waals surface area contributed by atoms with Crippen LogP contribution in [0.3, 0.4) is 0 Å². The topological polar surface area (TPSA) is 116 Å². The SMILES string of the molecule is N#CC1CCCC(N(c2c(N)cnc3[nH]ccc23)S(=O)(=O)c2ccccc2)C1. The summed E-state index contributed by atoms with van der Waals surface area (Å²) < 4.78 is 28.8. The van der Waals surface area contributed by atoms with Crippen LogP contribution in [-0.2, 0) is 10.0 Å². The highest BCUT2D eigenvalue weighted by Gasteiger charge is 2.37. The Bertz CT molecular complexity index is 1130. The summed E-state index contributed by atoms with van der Waals surface area (Å²) in [5, 5.41) is 10.1. The van der Waals surface area contributed by atoms with E-state index in [9.17, 15) is 13.7 Å². The number of hydrogen-bond acceptors (Lipinski definition) is 5. The number of aromatic nitrogens is 2. The van der Waals surface area contributed by atoms with E-state index in [0.717, 1.165) is 12.8 Å². The number of aromatic amines is 1. The second-order valence-electron chi connectivity index (χ2n) is 7.06. The molecule has 3 aromatic rings. The van der Waals surface area contributed by atoms with Gasteiger partial charge in [-0.3, -0.25) is 4.31 Å². The monoisotopic (exact) mass is 395 g/mol. The molecule has 1 aliphatic carbocycles. The second-order valence-corrected chi connectivity index (χ2v) is 8.88. The molecule has 1 fully saturated rings. The number of pyridine rings is 1. The molecule has 2 heterocycles. The quantitative estimate of drug-likeness (QED) is 0.702. The van der Waals surface area contributed by atoms with Crippen LogP contribution in [0.4, 0.5) is 11.4 Å². The lowest BCUT2D eigenvalue weighted by atomic mass is 9.86. The Hall–Kier alpha value is -3.05. The van der Waals surface area contributed by atoms with Crippen LogP contribution < -0.4 is 10.0 Å². The van der Waals surface area contributed by atoms with E-state index in [-0.39, 0.29) is 16.9 Å². The van der Waals surface area contributed by atoms with Crippen molar-refractivity contribution in [3.05, 3.63) is 48.8 Å². The molecule has 2 aromatic heterocycles. The van der Waals surface area contributed by atoms with Crippen molar-refractivity contribution in [3.8, 4) is 6.07 Å². The minimum absolute atomic E-state index is 0.169. The zero-order valence-electron chi connectivity index (χ0n) is 15.2. The average Bonchev–Trinajstić information content (AvgIpc) is 3.19. The van der Waals surface area contributed by atoms with Gasteiger partial charge in [-0.1, -0.05) is 24.6 Å². The molecule has 0 spiro atoms. The first-order valence-corrected chi connectivity index (χ1v) is 10.7. The molecule has 28 heavy (non-hydrogen) atoms. The fourth-order valence-corrected chi connectivity index (χ4v) is 5.71. The van der Waals surface area contributed by atoms with Gasteiger partial charge in [0.25, 0.3) is 10.0 Å². The normalized spacial score (nSPS) is 20.0. The number of hydrogen-bond donors (Lipinski definition) is 2. The summed E-state index contributed by atoms with van der Waals surface area (Å²) in [7, 11) is -3.87. The van der Waals surface area contributed by atoms with Crippen molar-refractivity contribution in [2.45, 2.75) is 36.6 Å². The third-order valence-corrected chi connectivity index (χ3v) is 7.13. The maximum atomic E-state index is 13.7. The van der Waals surface area contributed by atoms with Crippen LogP contribution in [0, 0.1) is 17.2 Å². The molecule has 2 atom stereocenters. The Balaban J connectivity index is 1.93. The molecule has 1 saturated carbocycles. The third-order valence-electron chi connectivity index (χ3n) is 5.27. The van der Waals surface area contributed by atoms with Gasteiger partial charge in [-0.05, 0) is 37.5 Å². The highest BCUT2D eigenvalue weighted by Crippen LogP contribution is 2.40. The van der Waals surface area contributed by atoms with Gasteiger partial charge in [0.1, 0.15) is 5.65 Å². The maximum absolute atomic E-state index is 13.7. The van der Waals surface area contributed by atoms with Crippen LogP contribution in [0.2, 0.25) is 0 Å². The van der Waals surface area contributed by atoms with Crippen LogP contribution in [0.1, 0.15) is 25.7 Å². The van der Waals surface area contributed by atoms with Crippen LogP contribution in [0.15, 0.2) is 53.7 Å². The Kier molecular flexibility index (Phi) is 4.69. The number of benzene rings is 1. The first-order valence-electron chi connectivity index (χ1n) is 9.23. The number of nitrogens with two attached hydrogens (primary N) is 1. The minimum Gasteiger partial charge on any atom is -0.396 e. The molecular weight excluding hydrogens is 374 g/mol. The third kappa shape index (κ3) is 3.08. The van der Waals surface area contributed by atoms with E-state index in [4.69, 9.17) is 5.73 Å².